The number of fused-ring (bicyclic) bond motifs is 2. The Balaban J connectivity index is 1.03. The summed E-state index contributed by atoms with van der Waals surface area (Å²) in [6.45, 7) is 4.54. The summed E-state index contributed by atoms with van der Waals surface area (Å²) in [6, 6.07) is 22.0. The molecule has 0 radical (unpaired) electrons. The van der Waals surface area contributed by atoms with Crippen molar-refractivity contribution in [3.8, 4) is 11.3 Å². The van der Waals surface area contributed by atoms with E-state index in [1.807, 2.05) is 36.5 Å². The lowest BCUT2D eigenvalue weighted by Crippen LogP contribution is -2.49. The number of nitrogens with one attached hydrogen (secondary N) is 2. The van der Waals surface area contributed by atoms with Gasteiger partial charge < -0.3 is 24.4 Å². The fourth-order valence-electron chi connectivity index (χ4n) is 6.59. The van der Waals surface area contributed by atoms with E-state index >= 15 is 4.39 Å². The minimum atomic E-state index is -0.569. The van der Waals surface area contributed by atoms with Gasteiger partial charge in [-0.1, -0.05) is 36.4 Å². The summed E-state index contributed by atoms with van der Waals surface area (Å²) in [5, 5.41) is 9.13. The van der Waals surface area contributed by atoms with Crippen LogP contribution in [-0.4, -0.2) is 88.4 Å². The van der Waals surface area contributed by atoms with Crippen LogP contribution in [0.4, 0.5) is 16.2 Å². The van der Waals surface area contributed by atoms with Crippen LogP contribution in [0, 0.1) is 5.82 Å². The molecule has 5 heterocycles. The average Bonchev–Trinajstić information content (AvgIpc) is 3.63. The molecule has 0 aliphatic carbocycles. The molecule has 2 fully saturated rings. The van der Waals surface area contributed by atoms with Crippen molar-refractivity contribution in [3.63, 3.8) is 0 Å². The first-order chi connectivity index (χ1) is 23.5. The molecular weight excluding hydrogens is 611 g/mol. The second-order valence-corrected chi connectivity index (χ2v) is 12.1. The number of hydrogen-bond acceptors (Lipinski definition) is 8. The van der Waals surface area contributed by atoms with E-state index in [2.05, 4.69) is 37.1 Å². The highest BCUT2D eigenvalue weighted by Gasteiger charge is 2.27. The number of aromatic amines is 2. The largest absolute Gasteiger partial charge is 0.378 e. The zero-order valence-electron chi connectivity index (χ0n) is 26.2. The van der Waals surface area contributed by atoms with Crippen LogP contribution in [0.15, 0.2) is 83.8 Å². The monoisotopic (exact) mass is 644 g/mol. The van der Waals surface area contributed by atoms with Crippen LogP contribution in [0.3, 0.4) is 0 Å². The van der Waals surface area contributed by atoms with Gasteiger partial charge in [-0.25, -0.2) is 14.5 Å². The third-order valence-electron chi connectivity index (χ3n) is 9.16. The molecule has 2 N–H and O–H groups in total. The molecule has 3 aromatic carbocycles. The van der Waals surface area contributed by atoms with E-state index < -0.39 is 5.82 Å². The van der Waals surface area contributed by atoms with Gasteiger partial charge in [0, 0.05) is 79.8 Å². The van der Waals surface area contributed by atoms with E-state index in [9.17, 15) is 9.59 Å². The first-order valence-corrected chi connectivity index (χ1v) is 16.1. The second-order valence-electron chi connectivity index (χ2n) is 12.1. The molecule has 0 saturated carbocycles. The zero-order valence-corrected chi connectivity index (χ0v) is 26.2. The molecule has 8 rings (SSSR count). The number of halogens is 1. The highest BCUT2D eigenvalue weighted by atomic mass is 19.1. The molecular formula is C36H33FN8O3. The Hall–Kier alpha value is -5.62. The number of nitrogens with zero attached hydrogens (tertiary/aromatic N) is 6. The molecule has 3 aromatic heterocycles. The van der Waals surface area contributed by atoms with Crippen LogP contribution in [-0.2, 0) is 11.2 Å². The van der Waals surface area contributed by atoms with E-state index in [1.54, 1.807) is 29.2 Å². The van der Waals surface area contributed by atoms with Gasteiger partial charge in [-0.15, -0.1) is 0 Å². The maximum absolute atomic E-state index is 15.1. The zero-order chi connectivity index (χ0) is 32.6. The molecule has 2 saturated heterocycles. The van der Waals surface area contributed by atoms with Crippen molar-refractivity contribution in [2.45, 2.75) is 6.42 Å². The Kier molecular flexibility index (Phi) is 7.77. The van der Waals surface area contributed by atoms with Crippen LogP contribution in [0.25, 0.3) is 32.9 Å². The number of benzene rings is 3. The maximum Gasteiger partial charge on any atom is 0.272 e. The molecule has 0 spiro atoms. The van der Waals surface area contributed by atoms with Crippen molar-refractivity contribution in [2.75, 3.05) is 62.3 Å². The van der Waals surface area contributed by atoms with Gasteiger partial charge in [0.15, 0.2) is 0 Å². The lowest BCUT2D eigenvalue weighted by atomic mass is 10.0. The maximum atomic E-state index is 15.1. The minimum Gasteiger partial charge on any atom is -0.378 e. The Morgan fingerprint density at radius 2 is 1.65 bits per heavy atom. The van der Waals surface area contributed by atoms with E-state index in [1.165, 1.54) is 6.07 Å². The number of hydrogen-bond donors (Lipinski definition) is 2. The van der Waals surface area contributed by atoms with Gasteiger partial charge in [-0.3, -0.25) is 9.59 Å². The minimum absolute atomic E-state index is 0.0215. The average molecular weight is 645 g/mol. The van der Waals surface area contributed by atoms with Crippen molar-refractivity contribution in [1.29, 1.82) is 0 Å². The molecule has 2 aliphatic rings. The summed E-state index contributed by atoms with van der Waals surface area (Å²) in [6.07, 6.45) is 2.26. The standard InChI is InChI=1S/C36H33FN8O3/c37-29-9-8-23(21-32-25-4-1-2-5-27(25)34(46)42-41-32)20-28(29)35(47)44-14-12-43(13-15-44)33-22-31(24-6-3-7-30-26(24)10-11-38-30)39-36(40-33)45-16-18-48-19-17-45/h1-11,20,22,38H,12-19,21H2,(H,42,46). The number of anilines is 2. The van der Waals surface area contributed by atoms with Crippen molar-refractivity contribution >= 4 is 39.3 Å². The molecule has 2 aliphatic heterocycles. The van der Waals surface area contributed by atoms with E-state index in [0.717, 1.165) is 38.9 Å². The number of morpholine rings is 1. The number of rotatable bonds is 6. The van der Waals surface area contributed by atoms with E-state index in [4.69, 9.17) is 14.7 Å². The number of amides is 1. The fraction of sp³-hybridized carbons (Fsp3) is 0.250. The first kappa shape index (κ1) is 29.8. The van der Waals surface area contributed by atoms with Crippen molar-refractivity contribution < 1.29 is 13.9 Å². The Morgan fingerprint density at radius 3 is 2.48 bits per heavy atom. The topological polar surface area (TPSA) is 123 Å². The van der Waals surface area contributed by atoms with Gasteiger partial charge in [0.25, 0.3) is 11.5 Å². The highest BCUT2D eigenvalue weighted by Crippen LogP contribution is 2.31. The Morgan fingerprint density at radius 1 is 0.833 bits per heavy atom. The summed E-state index contributed by atoms with van der Waals surface area (Å²) < 4.78 is 20.7. The fourth-order valence-corrected chi connectivity index (χ4v) is 6.59. The molecule has 242 valence electrons. The van der Waals surface area contributed by atoms with Gasteiger partial charge >= 0.3 is 0 Å². The molecule has 6 aromatic rings. The van der Waals surface area contributed by atoms with Crippen LogP contribution in [0.1, 0.15) is 21.6 Å². The number of piperazine rings is 1. The van der Waals surface area contributed by atoms with Gasteiger partial charge in [0.1, 0.15) is 11.6 Å². The highest BCUT2D eigenvalue weighted by molar-refractivity contribution is 5.96. The summed E-state index contributed by atoms with van der Waals surface area (Å²) in [4.78, 5) is 45.2. The Labute approximate surface area is 275 Å². The molecule has 0 unspecified atom stereocenters. The van der Waals surface area contributed by atoms with Crippen LogP contribution in [0.2, 0.25) is 0 Å². The first-order valence-electron chi connectivity index (χ1n) is 16.1. The summed E-state index contributed by atoms with van der Waals surface area (Å²) in [5.41, 5.74) is 4.01. The molecule has 0 atom stereocenters. The predicted octanol–water partition coefficient (Wildman–Crippen LogP) is 4.39. The predicted molar refractivity (Wildman–Crippen MR) is 182 cm³/mol. The third-order valence-corrected chi connectivity index (χ3v) is 9.16. The van der Waals surface area contributed by atoms with Crippen molar-refractivity contribution in [3.05, 3.63) is 112 Å². The lowest BCUT2D eigenvalue weighted by molar-refractivity contribution is 0.0741. The van der Waals surface area contributed by atoms with Crippen molar-refractivity contribution in [1.82, 2.24) is 30.0 Å². The summed E-state index contributed by atoms with van der Waals surface area (Å²) >= 11 is 0. The van der Waals surface area contributed by atoms with Gasteiger partial charge in [0.05, 0.1) is 35.6 Å². The lowest BCUT2D eigenvalue weighted by Gasteiger charge is -2.36. The summed E-state index contributed by atoms with van der Waals surface area (Å²) in [7, 11) is 0. The smallest absolute Gasteiger partial charge is 0.272 e. The molecule has 1 amide bonds. The number of carbonyl (C=O) groups excluding carboxylic acids is 1. The van der Waals surface area contributed by atoms with E-state index in [0.29, 0.717) is 75.9 Å². The van der Waals surface area contributed by atoms with Crippen LogP contribution in [0.5, 0.6) is 0 Å². The SMILES string of the molecule is O=C(c1cc(Cc2n[nH]c(=O)c3ccccc23)ccc1F)N1CCN(c2cc(-c3cccc4[nH]ccc34)nc(N3CCOCC3)n2)CC1. The van der Waals surface area contributed by atoms with Crippen LogP contribution < -0.4 is 15.4 Å². The van der Waals surface area contributed by atoms with Crippen molar-refractivity contribution in [2.24, 2.45) is 0 Å². The van der Waals surface area contributed by atoms with E-state index in [-0.39, 0.29) is 17.0 Å². The number of H-pyrrole nitrogens is 2. The number of ether oxygens (including phenoxy) is 1. The third kappa shape index (κ3) is 5.64. The van der Waals surface area contributed by atoms with Gasteiger partial charge in [-0.2, -0.15) is 10.1 Å². The second kappa shape index (κ2) is 12.5. The molecule has 48 heavy (non-hydrogen) atoms. The molecule has 11 nitrogen and oxygen atoms in total. The Bertz CT molecular complexity index is 2200. The van der Waals surface area contributed by atoms with Gasteiger partial charge in [0.2, 0.25) is 5.95 Å². The number of carbonyl (C=O) groups is 1. The normalized spacial score (nSPS) is 15.4. The summed E-state index contributed by atoms with van der Waals surface area (Å²) in [5.74, 6) is 0.514. The van der Waals surface area contributed by atoms with Crippen LogP contribution >= 0.6 is 0 Å². The molecule has 0 bridgehead atoms. The quantitative estimate of drug-likeness (QED) is 0.274. The number of aromatic nitrogens is 5. The molecule has 12 heteroatoms. The van der Waals surface area contributed by atoms with Gasteiger partial charge in [-0.05, 0) is 35.9 Å².